The van der Waals surface area contributed by atoms with E-state index in [0.717, 1.165) is 9.18 Å². The fourth-order valence-corrected chi connectivity index (χ4v) is 5.86. The van der Waals surface area contributed by atoms with Crippen LogP contribution in [0.2, 0.25) is 0 Å². The van der Waals surface area contributed by atoms with E-state index in [0.29, 0.717) is 24.1 Å². The molecular weight excluding hydrogens is 476 g/mol. The van der Waals surface area contributed by atoms with Crippen LogP contribution in [0.15, 0.2) is 41.6 Å². The van der Waals surface area contributed by atoms with Crippen LogP contribution in [0.3, 0.4) is 0 Å². The van der Waals surface area contributed by atoms with Gasteiger partial charge in [0, 0.05) is 17.6 Å². The maximum absolute atomic E-state index is 13.1. The second-order valence-corrected chi connectivity index (χ2v) is 11.6. The van der Waals surface area contributed by atoms with Crippen molar-refractivity contribution < 1.29 is 22.8 Å². The molecule has 1 unspecified atom stereocenters. The summed E-state index contributed by atoms with van der Waals surface area (Å²) in [5, 5.41) is 5.45. The van der Waals surface area contributed by atoms with Gasteiger partial charge in [-0.05, 0) is 49.9 Å². The van der Waals surface area contributed by atoms with Gasteiger partial charge < -0.3 is 10.6 Å². The van der Waals surface area contributed by atoms with Crippen LogP contribution in [0.1, 0.15) is 47.7 Å². The van der Waals surface area contributed by atoms with Crippen LogP contribution in [-0.2, 0) is 19.6 Å². The number of nitrogens with one attached hydrogen (secondary N) is 2. The zero-order valence-corrected chi connectivity index (χ0v) is 21.1. The van der Waals surface area contributed by atoms with Crippen molar-refractivity contribution in [3.05, 3.63) is 46.3 Å². The Labute approximate surface area is 204 Å². The van der Waals surface area contributed by atoms with E-state index in [1.54, 1.807) is 18.2 Å². The molecule has 2 amide bonds. The molecule has 0 radical (unpaired) electrons. The van der Waals surface area contributed by atoms with Gasteiger partial charge in [-0.15, -0.1) is 11.3 Å². The Hall–Kier alpha value is -2.63. The third kappa shape index (κ3) is 6.08. The number of carbonyl (C=O) groups excluding carboxylic acids is 3. The predicted octanol–water partition coefficient (Wildman–Crippen LogP) is 2.13. The Morgan fingerprint density at radius 2 is 2.03 bits per heavy atom. The molecule has 2 aromatic heterocycles. The van der Waals surface area contributed by atoms with E-state index in [1.165, 1.54) is 23.6 Å². The second-order valence-electron chi connectivity index (χ2n) is 8.42. The number of sulfonamides is 1. The Bertz CT molecular complexity index is 1130. The number of thiophene rings is 1. The second kappa shape index (κ2) is 11.2. The van der Waals surface area contributed by atoms with Gasteiger partial charge in [-0.2, -0.15) is 4.31 Å². The normalized spacial score (nSPS) is 19.1. The molecule has 2 N–H and O–H groups in total. The Morgan fingerprint density at radius 3 is 2.65 bits per heavy atom. The zero-order chi connectivity index (χ0) is 24.9. The van der Waals surface area contributed by atoms with Crippen LogP contribution in [0.5, 0.6) is 0 Å². The number of carbonyl (C=O) groups is 3. The number of hydrogen-bond acceptors (Lipinski definition) is 7. The molecule has 1 aliphatic rings. The Kier molecular flexibility index (Phi) is 8.56. The fraction of sp³-hybridized carbons (Fsp3) is 0.478. The molecule has 3 rings (SSSR count). The lowest BCUT2D eigenvalue weighted by Crippen LogP contribution is -2.54. The first kappa shape index (κ1) is 26.0. The van der Waals surface area contributed by atoms with Gasteiger partial charge in [0.25, 0.3) is 15.9 Å². The standard InChI is InChI=1S/C23H30N4O5S2/c1-4-15(2)21(26-22(29)19-11-10-16(3)33-19)23(30)25-17-8-7-13-27(14-18(17)28)34(31,32)20-9-5-6-12-24-20/h5-6,9-12,15,17,21H,4,7-8,13-14H2,1-3H3,(H,25,30)(H,26,29)/t15-,17?,21+/m1/s1. The van der Waals surface area contributed by atoms with Gasteiger partial charge >= 0.3 is 0 Å². The zero-order valence-electron chi connectivity index (χ0n) is 19.5. The maximum Gasteiger partial charge on any atom is 0.262 e. The number of Topliss-reactive ketones (excluding diaryl/α,β-unsaturated/α-hetero) is 1. The lowest BCUT2D eigenvalue weighted by Gasteiger charge is -2.26. The number of rotatable bonds is 8. The van der Waals surface area contributed by atoms with E-state index in [2.05, 4.69) is 15.6 Å². The van der Waals surface area contributed by atoms with Crippen molar-refractivity contribution in [1.82, 2.24) is 19.9 Å². The van der Waals surface area contributed by atoms with Crippen LogP contribution in [0, 0.1) is 12.8 Å². The minimum absolute atomic E-state index is 0.117. The van der Waals surface area contributed by atoms with Crippen molar-refractivity contribution in [3.63, 3.8) is 0 Å². The lowest BCUT2D eigenvalue weighted by atomic mass is 9.97. The van der Waals surface area contributed by atoms with Crippen molar-refractivity contribution in [2.75, 3.05) is 13.1 Å². The predicted molar refractivity (Wildman–Crippen MR) is 129 cm³/mol. The molecule has 2 aromatic rings. The highest BCUT2D eigenvalue weighted by Gasteiger charge is 2.35. The van der Waals surface area contributed by atoms with Gasteiger partial charge in [0.2, 0.25) is 5.91 Å². The van der Waals surface area contributed by atoms with E-state index in [9.17, 15) is 22.8 Å². The number of aromatic nitrogens is 1. The van der Waals surface area contributed by atoms with Crippen molar-refractivity contribution in [3.8, 4) is 0 Å². The molecule has 3 heterocycles. The van der Waals surface area contributed by atoms with E-state index in [-0.39, 0.29) is 29.9 Å². The number of ketones is 1. The van der Waals surface area contributed by atoms with Gasteiger partial charge in [-0.3, -0.25) is 14.4 Å². The summed E-state index contributed by atoms with van der Waals surface area (Å²) in [6.45, 7) is 5.48. The maximum atomic E-state index is 13.1. The van der Waals surface area contributed by atoms with E-state index >= 15 is 0 Å². The smallest absolute Gasteiger partial charge is 0.262 e. The molecule has 0 saturated carbocycles. The molecule has 184 valence electrons. The lowest BCUT2D eigenvalue weighted by molar-refractivity contribution is -0.129. The van der Waals surface area contributed by atoms with Gasteiger partial charge in [-0.1, -0.05) is 26.3 Å². The molecule has 9 nitrogen and oxygen atoms in total. The summed E-state index contributed by atoms with van der Waals surface area (Å²) in [7, 11) is -3.92. The average molecular weight is 507 g/mol. The summed E-state index contributed by atoms with van der Waals surface area (Å²) >= 11 is 1.34. The van der Waals surface area contributed by atoms with Crippen LogP contribution >= 0.6 is 11.3 Å². The van der Waals surface area contributed by atoms with Gasteiger partial charge in [0.15, 0.2) is 10.8 Å². The minimum Gasteiger partial charge on any atom is -0.344 e. The molecule has 11 heteroatoms. The first-order chi connectivity index (χ1) is 16.1. The molecule has 0 bridgehead atoms. The first-order valence-electron chi connectivity index (χ1n) is 11.2. The van der Waals surface area contributed by atoms with Gasteiger partial charge in [0.1, 0.15) is 6.04 Å². The number of nitrogens with zero attached hydrogens (tertiary/aromatic N) is 2. The van der Waals surface area contributed by atoms with Crippen LogP contribution in [0.25, 0.3) is 0 Å². The minimum atomic E-state index is -3.92. The number of pyridine rings is 1. The summed E-state index contributed by atoms with van der Waals surface area (Å²) < 4.78 is 26.9. The molecule has 0 aliphatic carbocycles. The molecular formula is C23H30N4O5S2. The van der Waals surface area contributed by atoms with Gasteiger partial charge in [0.05, 0.1) is 17.5 Å². The summed E-state index contributed by atoms with van der Waals surface area (Å²) in [5.74, 6) is -1.34. The summed E-state index contributed by atoms with van der Waals surface area (Å²) in [6, 6.07) is 6.49. The number of amides is 2. The summed E-state index contributed by atoms with van der Waals surface area (Å²) in [5.41, 5.74) is 0. The third-order valence-corrected chi connectivity index (χ3v) is 8.69. The van der Waals surface area contributed by atoms with Crippen molar-refractivity contribution in [2.45, 2.75) is 57.1 Å². The Balaban J connectivity index is 1.69. The number of hydrogen-bond donors (Lipinski definition) is 2. The van der Waals surface area contributed by atoms with E-state index in [4.69, 9.17) is 0 Å². The molecule has 1 saturated heterocycles. The van der Waals surface area contributed by atoms with Gasteiger partial charge in [-0.25, -0.2) is 13.4 Å². The SMILES string of the molecule is CC[C@@H](C)[C@H](NC(=O)c1ccc(C)s1)C(=O)NC1CCCN(S(=O)(=O)c2ccccn2)CC1=O. The molecule has 34 heavy (non-hydrogen) atoms. The molecule has 1 aliphatic heterocycles. The summed E-state index contributed by atoms with van der Waals surface area (Å²) in [6.07, 6.45) is 2.74. The topological polar surface area (TPSA) is 126 Å². The highest BCUT2D eigenvalue weighted by Crippen LogP contribution is 2.19. The quantitative estimate of drug-likeness (QED) is 0.565. The third-order valence-electron chi connectivity index (χ3n) is 5.93. The highest BCUT2D eigenvalue weighted by atomic mass is 32.2. The van der Waals surface area contributed by atoms with Crippen molar-refractivity contribution >= 4 is 39.0 Å². The first-order valence-corrected chi connectivity index (χ1v) is 13.5. The molecule has 3 atom stereocenters. The van der Waals surface area contributed by atoms with Crippen LogP contribution < -0.4 is 10.6 Å². The average Bonchev–Trinajstić information content (AvgIpc) is 3.18. The largest absolute Gasteiger partial charge is 0.344 e. The summed E-state index contributed by atoms with van der Waals surface area (Å²) in [4.78, 5) is 44.1. The molecule has 0 aromatic carbocycles. The van der Waals surface area contributed by atoms with E-state index in [1.807, 2.05) is 26.8 Å². The van der Waals surface area contributed by atoms with Crippen molar-refractivity contribution in [2.24, 2.45) is 5.92 Å². The number of aryl methyl sites for hydroxylation is 1. The van der Waals surface area contributed by atoms with Crippen molar-refractivity contribution in [1.29, 1.82) is 0 Å². The Morgan fingerprint density at radius 1 is 1.26 bits per heavy atom. The van der Waals surface area contributed by atoms with Crippen LogP contribution in [-0.4, -0.2) is 60.5 Å². The van der Waals surface area contributed by atoms with Crippen LogP contribution in [0.4, 0.5) is 0 Å². The fourth-order valence-electron chi connectivity index (χ4n) is 3.72. The monoisotopic (exact) mass is 506 g/mol. The van der Waals surface area contributed by atoms with E-state index < -0.39 is 33.8 Å². The highest BCUT2D eigenvalue weighted by molar-refractivity contribution is 7.89. The molecule has 0 spiro atoms. The molecule has 1 fully saturated rings.